The van der Waals surface area contributed by atoms with Crippen LogP contribution in [0, 0.1) is 0 Å². The number of carbonyl (C=O) groups is 5. The van der Waals surface area contributed by atoms with Gasteiger partial charge in [0.25, 0.3) is 0 Å². The first-order valence-corrected chi connectivity index (χ1v) is 5.97. The van der Waals surface area contributed by atoms with Gasteiger partial charge in [0.05, 0.1) is 0 Å². The monoisotopic (exact) mass is 502 g/mol. The Morgan fingerprint density at radius 1 is 0.458 bits per heavy atom. The molecule has 0 heterocycles. The Balaban J connectivity index is -0.0000000950. The third-order valence-corrected chi connectivity index (χ3v) is 2.09. The van der Waals surface area contributed by atoms with Crippen molar-refractivity contribution >= 4 is 33.9 Å². The van der Waals surface area contributed by atoms with E-state index in [9.17, 15) is 0 Å². The molecular formula is C18H22O5W. The average Bonchev–Trinajstić information content (AvgIpc) is 2.71. The van der Waals surface area contributed by atoms with Gasteiger partial charge < -0.3 is 24.0 Å². The van der Waals surface area contributed by atoms with Gasteiger partial charge in [-0.1, -0.05) is 60.7 Å². The van der Waals surface area contributed by atoms with Gasteiger partial charge in [-0.2, -0.15) is 0 Å². The number of hydrogen-bond donors (Lipinski definition) is 0. The van der Waals surface area contributed by atoms with Gasteiger partial charge >= 0.3 is 0 Å². The molecule has 130 valence electrons. The maximum Gasteiger partial charge on any atom is 0.106 e. The summed E-state index contributed by atoms with van der Waals surface area (Å²) in [6.07, 6.45) is 1.03. The van der Waals surface area contributed by atoms with Crippen LogP contribution in [0.4, 0.5) is 0 Å². The number of benzene rings is 2. The summed E-state index contributed by atoms with van der Waals surface area (Å²) in [7, 11) is 0. The molecule has 0 unspecified atom stereocenters. The van der Waals surface area contributed by atoms with Crippen molar-refractivity contribution in [3.8, 4) is 0 Å². The molecule has 0 spiro atoms. The molecule has 0 aliphatic carbocycles. The maximum absolute atomic E-state index is 8.00. The van der Waals surface area contributed by atoms with E-state index in [-0.39, 0.29) is 21.1 Å². The van der Waals surface area contributed by atoms with Crippen LogP contribution in [-0.4, -0.2) is 33.9 Å². The second kappa shape index (κ2) is 37.1. The topological polar surface area (TPSA) is 85.3 Å². The summed E-state index contributed by atoms with van der Waals surface area (Å²) < 4.78 is 0. The standard InChI is InChI=1S/C13H12.5CH2O.W/c1-3-7-12(8-4-1)11-13-9-5-2-6-10-13;5*1-2;/h1-10H,11H2;5*1H2;. The minimum Gasteiger partial charge on any atom is -0.307 e. The first kappa shape index (κ1) is 33.2. The van der Waals surface area contributed by atoms with E-state index in [1.807, 2.05) is 33.9 Å². The quantitative estimate of drug-likeness (QED) is 0.630. The molecule has 0 bridgehead atoms. The molecule has 0 aliphatic heterocycles. The first-order chi connectivity index (χ1) is 11.4. The number of carbonyl (C=O) groups excluding carboxylic acids is 5. The molecule has 0 aromatic heterocycles. The summed E-state index contributed by atoms with van der Waals surface area (Å²) in [6.45, 7) is 10.0. The molecule has 0 amide bonds. The van der Waals surface area contributed by atoms with Crippen molar-refractivity contribution in [3.05, 3.63) is 71.8 Å². The van der Waals surface area contributed by atoms with E-state index in [4.69, 9.17) is 24.0 Å². The third-order valence-electron chi connectivity index (χ3n) is 2.09. The van der Waals surface area contributed by atoms with Crippen LogP contribution in [-0.2, 0) is 51.5 Å². The first-order valence-electron chi connectivity index (χ1n) is 5.97. The minimum atomic E-state index is 0. The Labute approximate surface area is 157 Å². The van der Waals surface area contributed by atoms with Crippen molar-refractivity contribution in [2.45, 2.75) is 6.42 Å². The fourth-order valence-electron chi connectivity index (χ4n) is 1.43. The van der Waals surface area contributed by atoms with Gasteiger partial charge in [0.1, 0.15) is 33.9 Å². The molecule has 0 aliphatic rings. The van der Waals surface area contributed by atoms with Crippen LogP contribution >= 0.6 is 0 Å². The summed E-state index contributed by atoms with van der Waals surface area (Å²) in [5, 5.41) is 0. The maximum atomic E-state index is 8.00. The van der Waals surface area contributed by atoms with Crippen LogP contribution in [0.2, 0.25) is 0 Å². The normalized spacial score (nSPS) is 6.17. The molecule has 2 aromatic rings. The van der Waals surface area contributed by atoms with Gasteiger partial charge in [-0.15, -0.1) is 0 Å². The summed E-state index contributed by atoms with van der Waals surface area (Å²) >= 11 is 0. The van der Waals surface area contributed by atoms with Gasteiger partial charge in [-0.3, -0.25) is 0 Å². The fraction of sp³-hybridized carbons (Fsp3) is 0.0556. The van der Waals surface area contributed by atoms with Crippen molar-refractivity contribution < 1.29 is 45.0 Å². The summed E-state index contributed by atoms with van der Waals surface area (Å²) in [6, 6.07) is 21.1. The van der Waals surface area contributed by atoms with Gasteiger partial charge in [0, 0.05) is 21.1 Å². The SMILES string of the molecule is C=O.C=O.C=O.C=O.C=O.[W].c1ccc(Cc2ccccc2)cc1. The Morgan fingerprint density at radius 3 is 0.875 bits per heavy atom. The zero-order chi connectivity index (χ0) is 18.9. The Hall–Kier alpha value is -2.52. The zero-order valence-corrected chi connectivity index (χ0v) is 16.4. The van der Waals surface area contributed by atoms with Crippen LogP contribution in [0.15, 0.2) is 60.7 Å². The van der Waals surface area contributed by atoms with Crippen LogP contribution in [0.25, 0.3) is 0 Å². The smallest absolute Gasteiger partial charge is 0.106 e. The van der Waals surface area contributed by atoms with E-state index in [0.29, 0.717) is 0 Å². The van der Waals surface area contributed by atoms with Crippen molar-refractivity contribution in [1.82, 2.24) is 0 Å². The van der Waals surface area contributed by atoms with Crippen LogP contribution in [0.5, 0.6) is 0 Å². The molecule has 0 saturated heterocycles. The van der Waals surface area contributed by atoms with E-state index in [1.54, 1.807) is 0 Å². The predicted molar refractivity (Wildman–Crippen MR) is 91.3 cm³/mol. The molecule has 6 heteroatoms. The second-order valence-corrected chi connectivity index (χ2v) is 3.15. The molecule has 0 N–H and O–H groups in total. The molecule has 24 heavy (non-hydrogen) atoms. The predicted octanol–water partition coefficient (Wildman–Crippen LogP) is 2.35. The summed E-state index contributed by atoms with van der Waals surface area (Å²) in [5.41, 5.74) is 2.74. The van der Waals surface area contributed by atoms with Gasteiger partial charge in [0.15, 0.2) is 0 Å². The minimum absolute atomic E-state index is 0. The van der Waals surface area contributed by atoms with Crippen molar-refractivity contribution in [1.29, 1.82) is 0 Å². The average molecular weight is 502 g/mol. The third kappa shape index (κ3) is 21.8. The largest absolute Gasteiger partial charge is 0.307 e. The van der Waals surface area contributed by atoms with Crippen LogP contribution in [0.3, 0.4) is 0 Å². The number of hydrogen-bond acceptors (Lipinski definition) is 5. The van der Waals surface area contributed by atoms with Gasteiger partial charge in [-0.25, -0.2) is 0 Å². The zero-order valence-electron chi connectivity index (χ0n) is 13.5. The summed E-state index contributed by atoms with van der Waals surface area (Å²) in [5.74, 6) is 0. The molecule has 5 nitrogen and oxygen atoms in total. The molecular weight excluding hydrogens is 480 g/mol. The molecule has 2 rings (SSSR count). The Kier molecular flexibility index (Phi) is 51.2. The van der Waals surface area contributed by atoms with Gasteiger partial charge in [0.2, 0.25) is 0 Å². The van der Waals surface area contributed by atoms with E-state index in [1.165, 1.54) is 11.1 Å². The van der Waals surface area contributed by atoms with Crippen LogP contribution < -0.4 is 0 Å². The van der Waals surface area contributed by atoms with Crippen molar-refractivity contribution in [2.75, 3.05) is 0 Å². The molecule has 0 atom stereocenters. The van der Waals surface area contributed by atoms with E-state index in [2.05, 4.69) is 60.7 Å². The molecule has 0 radical (unpaired) electrons. The summed E-state index contributed by atoms with van der Waals surface area (Å²) in [4.78, 5) is 40.0. The van der Waals surface area contributed by atoms with E-state index >= 15 is 0 Å². The molecule has 2 aromatic carbocycles. The van der Waals surface area contributed by atoms with Crippen molar-refractivity contribution in [3.63, 3.8) is 0 Å². The second-order valence-electron chi connectivity index (χ2n) is 3.15. The fourth-order valence-corrected chi connectivity index (χ4v) is 1.43. The molecule has 0 saturated carbocycles. The molecule has 0 fully saturated rings. The Bertz CT molecular complexity index is 391. The van der Waals surface area contributed by atoms with E-state index in [0.717, 1.165) is 6.42 Å². The van der Waals surface area contributed by atoms with Crippen molar-refractivity contribution in [2.24, 2.45) is 0 Å². The number of rotatable bonds is 2. The van der Waals surface area contributed by atoms with Crippen LogP contribution in [0.1, 0.15) is 11.1 Å². The van der Waals surface area contributed by atoms with Gasteiger partial charge in [-0.05, 0) is 17.5 Å². The Morgan fingerprint density at radius 2 is 0.667 bits per heavy atom. The van der Waals surface area contributed by atoms with E-state index < -0.39 is 0 Å².